The number of carboxylic acid groups (broad SMARTS) is 2. The van der Waals surface area contributed by atoms with Gasteiger partial charge in [0.15, 0.2) is 5.92 Å². The molecule has 4 N–H and O–H groups in total. The smallest absolute Gasteiger partial charge is 0.318 e. The Bertz CT molecular complexity index is 186. The Labute approximate surface area is 70.2 Å². The van der Waals surface area contributed by atoms with Gasteiger partial charge in [-0.25, -0.2) is 0 Å². The van der Waals surface area contributed by atoms with Gasteiger partial charge in [0.1, 0.15) is 0 Å². The van der Waals surface area contributed by atoms with Gasteiger partial charge in [-0.2, -0.15) is 0 Å². The molecule has 0 aromatic rings. The quantitative estimate of drug-likeness (QED) is 0.512. The van der Waals surface area contributed by atoms with Crippen molar-refractivity contribution in [3.05, 3.63) is 0 Å². The highest BCUT2D eigenvalue weighted by Gasteiger charge is 2.40. The third kappa shape index (κ3) is 2.20. The second kappa shape index (κ2) is 3.53. The number of hydrogen-bond acceptors (Lipinski definition) is 3. The van der Waals surface area contributed by atoms with E-state index in [9.17, 15) is 9.59 Å². The average molecular weight is 175 g/mol. The molecule has 0 saturated carbocycles. The highest BCUT2D eigenvalue weighted by molar-refractivity contribution is 5.93. The van der Waals surface area contributed by atoms with Crippen LogP contribution in [0.5, 0.6) is 0 Å². The lowest BCUT2D eigenvalue weighted by Gasteiger charge is -2.26. The van der Waals surface area contributed by atoms with Crippen LogP contribution >= 0.6 is 0 Å². The predicted molar refractivity (Wildman–Crippen MR) is 41.6 cm³/mol. The molecule has 0 saturated heterocycles. The molecule has 0 bridgehead atoms. The summed E-state index contributed by atoms with van der Waals surface area (Å²) in [6, 6.07) is 0. The molecule has 0 radical (unpaired) electrons. The molecule has 5 nitrogen and oxygen atoms in total. The molecule has 0 unspecified atom stereocenters. The molecule has 0 spiro atoms. The van der Waals surface area contributed by atoms with Crippen molar-refractivity contribution in [2.24, 2.45) is 17.1 Å². The van der Waals surface area contributed by atoms with Gasteiger partial charge in [0.2, 0.25) is 0 Å². The van der Waals surface area contributed by atoms with Gasteiger partial charge in [-0.05, 0) is 6.54 Å². The van der Waals surface area contributed by atoms with E-state index in [1.807, 2.05) is 0 Å². The first-order valence-electron chi connectivity index (χ1n) is 3.48. The van der Waals surface area contributed by atoms with Crippen LogP contribution in [0, 0.1) is 11.3 Å². The lowest BCUT2D eigenvalue weighted by atomic mass is 9.79. The molecule has 0 aliphatic rings. The minimum Gasteiger partial charge on any atom is -0.481 e. The average Bonchev–Trinajstić information content (AvgIpc) is 1.84. The maximum Gasteiger partial charge on any atom is 0.318 e. The highest BCUT2D eigenvalue weighted by atomic mass is 16.4. The Morgan fingerprint density at radius 2 is 1.67 bits per heavy atom. The minimum absolute atomic E-state index is 0.0241. The van der Waals surface area contributed by atoms with Crippen LogP contribution in [0.2, 0.25) is 0 Å². The van der Waals surface area contributed by atoms with Crippen molar-refractivity contribution < 1.29 is 19.8 Å². The van der Waals surface area contributed by atoms with Crippen LogP contribution in [0.15, 0.2) is 0 Å². The zero-order valence-electron chi connectivity index (χ0n) is 7.07. The molecule has 0 aliphatic carbocycles. The second-order valence-corrected chi connectivity index (χ2v) is 3.30. The van der Waals surface area contributed by atoms with Crippen LogP contribution in [0.3, 0.4) is 0 Å². The van der Waals surface area contributed by atoms with Crippen LogP contribution in [-0.4, -0.2) is 28.7 Å². The topological polar surface area (TPSA) is 101 Å². The van der Waals surface area contributed by atoms with Gasteiger partial charge in [-0.15, -0.1) is 0 Å². The van der Waals surface area contributed by atoms with Gasteiger partial charge >= 0.3 is 11.9 Å². The van der Waals surface area contributed by atoms with E-state index in [0.717, 1.165) is 0 Å². The van der Waals surface area contributed by atoms with Crippen LogP contribution in [0.4, 0.5) is 0 Å². The molecule has 0 aliphatic heterocycles. The van der Waals surface area contributed by atoms with Gasteiger partial charge in [-0.3, -0.25) is 9.59 Å². The minimum atomic E-state index is -1.44. The van der Waals surface area contributed by atoms with Crippen molar-refractivity contribution in [1.82, 2.24) is 0 Å². The summed E-state index contributed by atoms with van der Waals surface area (Å²) in [5.41, 5.74) is 4.34. The summed E-state index contributed by atoms with van der Waals surface area (Å²) in [4.78, 5) is 21.0. The van der Waals surface area contributed by atoms with E-state index in [1.165, 1.54) is 13.8 Å². The number of hydrogen-bond donors (Lipinski definition) is 3. The Kier molecular flexibility index (Phi) is 3.21. The summed E-state index contributed by atoms with van der Waals surface area (Å²) in [6.45, 7) is 3.05. The lowest BCUT2D eigenvalue weighted by Crippen LogP contribution is -2.41. The van der Waals surface area contributed by atoms with Crippen molar-refractivity contribution in [2.75, 3.05) is 6.54 Å². The third-order valence-corrected chi connectivity index (χ3v) is 1.80. The molecule has 12 heavy (non-hydrogen) atoms. The van der Waals surface area contributed by atoms with Gasteiger partial charge in [0.25, 0.3) is 0 Å². The molecular weight excluding hydrogens is 162 g/mol. The van der Waals surface area contributed by atoms with Gasteiger partial charge < -0.3 is 15.9 Å². The zero-order valence-corrected chi connectivity index (χ0v) is 7.07. The molecule has 0 fully saturated rings. The summed E-state index contributed by atoms with van der Waals surface area (Å²) in [6.07, 6.45) is 0. The summed E-state index contributed by atoms with van der Waals surface area (Å²) < 4.78 is 0. The predicted octanol–water partition coefficient (Wildman–Crippen LogP) is -0.243. The summed E-state index contributed by atoms with van der Waals surface area (Å²) in [7, 11) is 0. The standard InChI is InChI=1S/C7H13NO4/c1-7(2,3-8)4(5(9)10)6(11)12/h4H,3,8H2,1-2H3,(H,9,10)(H,11,12). The Hall–Kier alpha value is -1.10. The van der Waals surface area contributed by atoms with E-state index < -0.39 is 23.3 Å². The van der Waals surface area contributed by atoms with Crippen LogP contribution in [0.25, 0.3) is 0 Å². The molecule has 5 heteroatoms. The summed E-state index contributed by atoms with van der Waals surface area (Å²) in [5.74, 6) is -4.14. The first kappa shape index (κ1) is 10.9. The molecule has 0 aromatic carbocycles. The van der Waals surface area contributed by atoms with Gasteiger partial charge in [0, 0.05) is 5.41 Å². The summed E-state index contributed by atoms with van der Waals surface area (Å²) >= 11 is 0. The molecule has 0 rings (SSSR count). The maximum absolute atomic E-state index is 10.5. The Balaban J connectivity index is 4.74. The first-order valence-corrected chi connectivity index (χ1v) is 3.48. The van der Waals surface area contributed by atoms with Crippen LogP contribution < -0.4 is 5.73 Å². The van der Waals surface area contributed by atoms with E-state index in [4.69, 9.17) is 15.9 Å². The Morgan fingerprint density at radius 3 is 1.75 bits per heavy atom. The van der Waals surface area contributed by atoms with Crippen molar-refractivity contribution in [3.8, 4) is 0 Å². The number of aliphatic carboxylic acids is 2. The SMILES string of the molecule is CC(C)(CN)C(C(=O)O)C(=O)O. The number of carbonyl (C=O) groups is 2. The molecule has 0 amide bonds. The van der Waals surface area contributed by atoms with Crippen molar-refractivity contribution in [1.29, 1.82) is 0 Å². The molecule has 0 heterocycles. The van der Waals surface area contributed by atoms with Crippen molar-refractivity contribution in [3.63, 3.8) is 0 Å². The fraction of sp³-hybridized carbons (Fsp3) is 0.714. The van der Waals surface area contributed by atoms with E-state index >= 15 is 0 Å². The fourth-order valence-electron chi connectivity index (χ4n) is 0.892. The van der Waals surface area contributed by atoms with E-state index in [-0.39, 0.29) is 6.54 Å². The van der Waals surface area contributed by atoms with Crippen LogP contribution in [-0.2, 0) is 9.59 Å². The van der Waals surface area contributed by atoms with Gasteiger partial charge in [-0.1, -0.05) is 13.8 Å². The molecule has 70 valence electrons. The van der Waals surface area contributed by atoms with Gasteiger partial charge in [0.05, 0.1) is 0 Å². The van der Waals surface area contributed by atoms with Crippen molar-refractivity contribution in [2.45, 2.75) is 13.8 Å². The lowest BCUT2D eigenvalue weighted by molar-refractivity contribution is -0.159. The zero-order chi connectivity index (χ0) is 9.94. The normalized spacial score (nSPS) is 11.7. The monoisotopic (exact) mass is 175 g/mol. The second-order valence-electron chi connectivity index (χ2n) is 3.30. The van der Waals surface area contributed by atoms with Crippen LogP contribution in [0.1, 0.15) is 13.8 Å². The molecule has 0 atom stereocenters. The fourth-order valence-corrected chi connectivity index (χ4v) is 0.892. The molecule has 0 aromatic heterocycles. The van der Waals surface area contributed by atoms with Crippen molar-refractivity contribution >= 4 is 11.9 Å². The number of carboxylic acids is 2. The number of rotatable bonds is 4. The molecular formula is C7H13NO4. The van der Waals surface area contributed by atoms with E-state index in [1.54, 1.807) is 0 Å². The first-order chi connectivity index (χ1) is 5.33. The van der Waals surface area contributed by atoms with E-state index in [2.05, 4.69) is 0 Å². The summed E-state index contributed by atoms with van der Waals surface area (Å²) in [5, 5.41) is 17.1. The Morgan fingerprint density at radius 1 is 1.33 bits per heavy atom. The maximum atomic E-state index is 10.5. The highest BCUT2D eigenvalue weighted by Crippen LogP contribution is 2.25. The largest absolute Gasteiger partial charge is 0.481 e. The third-order valence-electron chi connectivity index (χ3n) is 1.80. The number of nitrogens with two attached hydrogens (primary N) is 1. The van der Waals surface area contributed by atoms with E-state index in [0.29, 0.717) is 0 Å².